The number of ether oxygens (including phenoxy) is 10. The fourth-order valence-electron chi connectivity index (χ4n) is 8.91. The Kier molecular flexibility index (Phi) is 26.0. The van der Waals surface area contributed by atoms with Gasteiger partial charge in [-0.1, -0.05) is 60.9 Å². The third-order valence-electron chi connectivity index (χ3n) is 13.6. The summed E-state index contributed by atoms with van der Waals surface area (Å²) in [6.07, 6.45) is 3.35. The summed E-state index contributed by atoms with van der Waals surface area (Å²) in [4.78, 5) is 125. The summed E-state index contributed by atoms with van der Waals surface area (Å²) >= 11 is 2.09. The summed E-state index contributed by atoms with van der Waals surface area (Å²) in [6, 6.07) is 20.2. The Bertz CT molecular complexity index is 2920. The number of allylic oxidation sites excluding steroid dienone is 1. The minimum Gasteiger partial charge on any atom is -0.465 e. The van der Waals surface area contributed by atoms with Crippen molar-refractivity contribution in [3.05, 3.63) is 107 Å². The number of rotatable bonds is 28. The number of hydrogen-bond acceptors (Lipinski definition) is 24. The second-order valence-corrected chi connectivity index (χ2v) is 22.4. The topological polar surface area (TPSA) is 311 Å². The second kappa shape index (κ2) is 33.7. The van der Waals surface area contributed by atoms with E-state index in [4.69, 9.17) is 47.4 Å². The zero-order valence-electron chi connectivity index (χ0n) is 47.4. The van der Waals surface area contributed by atoms with Gasteiger partial charge in [0.05, 0.1) is 76.6 Å². The molecule has 24 heteroatoms. The fourth-order valence-corrected chi connectivity index (χ4v) is 11.4. The third kappa shape index (κ3) is 21.1. The largest absolute Gasteiger partial charge is 0.465 e. The van der Waals surface area contributed by atoms with Crippen molar-refractivity contribution in [2.45, 2.75) is 126 Å². The van der Waals surface area contributed by atoms with Gasteiger partial charge in [0.2, 0.25) is 0 Å². The molecule has 454 valence electrons. The van der Waals surface area contributed by atoms with Crippen LogP contribution >= 0.6 is 23.5 Å². The van der Waals surface area contributed by atoms with Gasteiger partial charge in [-0.15, -0.1) is 0 Å². The highest BCUT2D eigenvalue weighted by Gasteiger charge is 2.37. The van der Waals surface area contributed by atoms with Crippen LogP contribution in [0, 0.1) is 46.3 Å². The molecule has 6 rings (SSSR count). The predicted molar refractivity (Wildman–Crippen MR) is 304 cm³/mol. The average molecular weight is 1220 g/mol. The van der Waals surface area contributed by atoms with Crippen molar-refractivity contribution in [1.82, 2.24) is 0 Å². The molecular weight excluding hydrogens is 1160 g/mol. The number of fused-ring (bicyclic) bond motifs is 1. The number of benzene rings is 3. The molecule has 0 spiro atoms. The minimum atomic E-state index is -0.674. The van der Waals surface area contributed by atoms with Crippen LogP contribution in [0.4, 0.5) is 0 Å². The molecule has 0 amide bonds. The lowest BCUT2D eigenvalue weighted by Gasteiger charge is -2.26. The van der Waals surface area contributed by atoms with E-state index in [2.05, 4.69) is 13.2 Å². The first-order valence-corrected chi connectivity index (χ1v) is 29.4. The molecule has 0 bridgehead atoms. The van der Waals surface area contributed by atoms with Crippen LogP contribution in [0.25, 0.3) is 0 Å². The van der Waals surface area contributed by atoms with Gasteiger partial charge in [0.25, 0.3) is 0 Å². The quantitative estimate of drug-likeness (QED) is 0.0215. The zero-order chi connectivity index (χ0) is 62.1. The monoisotopic (exact) mass is 1220 g/mol. The minimum absolute atomic E-state index is 0.0482. The van der Waals surface area contributed by atoms with Crippen molar-refractivity contribution in [3.63, 3.8) is 0 Å². The lowest BCUT2D eigenvalue weighted by Crippen LogP contribution is -2.30. The first-order valence-electron chi connectivity index (χ1n) is 27.7. The molecule has 86 heavy (non-hydrogen) atoms. The summed E-state index contributed by atoms with van der Waals surface area (Å²) in [5.41, 5.74) is 1.43. The average Bonchev–Trinajstić information content (AvgIpc) is 2.28. The van der Waals surface area contributed by atoms with Gasteiger partial charge in [0.1, 0.15) is 66.1 Å². The van der Waals surface area contributed by atoms with E-state index in [1.165, 1.54) is 12.1 Å². The molecule has 3 aliphatic rings. The van der Waals surface area contributed by atoms with E-state index in [0.29, 0.717) is 89.7 Å². The summed E-state index contributed by atoms with van der Waals surface area (Å²) in [6.45, 7) is 9.45. The normalized spacial score (nSPS) is 17.4. The summed E-state index contributed by atoms with van der Waals surface area (Å²) < 4.78 is 53.8. The first kappa shape index (κ1) is 66.4. The van der Waals surface area contributed by atoms with E-state index in [-0.39, 0.29) is 69.2 Å². The molecule has 22 nitrogen and oxygen atoms in total. The summed E-state index contributed by atoms with van der Waals surface area (Å²) in [7, 11) is 0. The SMILES string of the molecule is C=CC(=O)OC(C)COC(=O)CCC(=O)OCCc1ccc(OC(=O)C2CCC(C(=O)Oc3ccc(OC(=O)C4CCC(C(=O)Oc5ccc(CCOC(=O)CCC(=O)OCC(C)OC(=O)C=C)cc5)CC4)c4c3SC(=C(C#N)C#N)S4)CC2)cc1. The maximum absolute atomic E-state index is 13.7. The van der Waals surface area contributed by atoms with Gasteiger partial charge in [-0.25, -0.2) is 9.59 Å². The highest BCUT2D eigenvalue weighted by atomic mass is 32.2. The fraction of sp³-hybridized carbons (Fsp3) is 0.419. The van der Waals surface area contributed by atoms with E-state index >= 15 is 0 Å². The molecule has 1 aliphatic heterocycles. The molecule has 0 saturated heterocycles. The van der Waals surface area contributed by atoms with Crippen molar-refractivity contribution in [3.8, 4) is 35.1 Å². The van der Waals surface area contributed by atoms with E-state index in [0.717, 1.165) is 46.8 Å². The van der Waals surface area contributed by atoms with Gasteiger partial charge < -0.3 is 47.4 Å². The number of thioether (sulfide) groups is 2. The second-order valence-electron chi connectivity index (χ2n) is 20.1. The number of esters is 10. The van der Waals surface area contributed by atoms with Crippen molar-refractivity contribution in [1.29, 1.82) is 10.5 Å². The molecule has 2 atom stereocenters. The van der Waals surface area contributed by atoms with Crippen molar-refractivity contribution >= 4 is 83.2 Å². The Morgan fingerprint density at radius 3 is 1.12 bits per heavy atom. The molecule has 0 N–H and O–H groups in total. The van der Waals surface area contributed by atoms with Crippen LogP contribution < -0.4 is 18.9 Å². The van der Waals surface area contributed by atoms with Crippen LogP contribution in [-0.4, -0.2) is 98.3 Å². The highest BCUT2D eigenvalue weighted by molar-refractivity contribution is 8.24. The third-order valence-corrected chi connectivity index (χ3v) is 16.3. The number of hydrogen-bond donors (Lipinski definition) is 0. The molecular formula is C62H64N2O20S2. The van der Waals surface area contributed by atoms with Crippen LogP contribution in [0.2, 0.25) is 0 Å². The molecule has 2 aliphatic carbocycles. The van der Waals surface area contributed by atoms with Gasteiger partial charge in [0.15, 0.2) is 0 Å². The van der Waals surface area contributed by atoms with Crippen LogP contribution in [0.15, 0.2) is 106 Å². The van der Waals surface area contributed by atoms with E-state index in [1.54, 1.807) is 62.4 Å². The molecule has 3 aromatic carbocycles. The molecule has 2 saturated carbocycles. The highest BCUT2D eigenvalue weighted by Crippen LogP contribution is 2.59. The molecule has 0 aromatic heterocycles. The smallest absolute Gasteiger partial charge is 0.330 e. The Labute approximate surface area is 504 Å². The molecule has 0 radical (unpaired) electrons. The standard InChI is InChI=1S/C62H64N2O20S2/c1-5-50(65)79-37(3)35-77-54(69)27-25-52(67)75-31-29-39-7-19-46(20-8-39)81-58(71)41-11-15-43(16-12-41)60(73)83-48-23-24-49(57-56(48)85-62(86-57)45(33-63)34-64)84-61(74)44-17-13-42(14-18-44)59(72)82-47-21-9-40(10-22-47)30-32-76-53(68)26-28-55(70)78-36-38(4)80-51(66)6-2/h5-10,19-24,37-38,41-44H,1-2,11-18,25-32,35-36H2,3-4H3. The van der Waals surface area contributed by atoms with Crippen LogP contribution in [0.3, 0.4) is 0 Å². The van der Waals surface area contributed by atoms with E-state index in [9.17, 15) is 58.5 Å². The Hall–Kier alpha value is -8.74. The summed E-state index contributed by atoms with van der Waals surface area (Å²) in [5, 5.41) is 19.4. The first-order chi connectivity index (χ1) is 41.3. The van der Waals surface area contributed by atoms with Gasteiger partial charge in [0, 0.05) is 25.0 Å². The van der Waals surface area contributed by atoms with Crippen LogP contribution in [0.5, 0.6) is 23.0 Å². The summed E-state index contributed by atoms with van der Waals surface area (Å²) in [5.74, 6) is -6.86. The molecule has 3 aromatic rings. The van der Waals surface area contributed by atoms with Crippen molar-refractivity contribution < 1.29 is 95.3 Å². The lowest BCUT2D eigenvalue weighted by molar-refractivity contribution is -0.156. The zero-order valence-corrected chi connectivity index (χ0v) is 49.0. The van der Waals surface area contributed by atoms with E-state index in [1.807, 2.05) is 12.1 Å². The van der Waals surface area contributed by atoms with E-state index < -0.39 is 95.6 Å². The molecule has 1 heterocycles. The molecule has 2 fully saturated rings. The maximum Gasteiger partial charge on any atom is 0.330 e. The number of nitriles is 2. The van der Waals surface area contributed by atoms with Crippen molar-refractivity contribution in [2.24, 2.45) is 23.7 Å². The van der Waals surface area contributed by atoms with Gasteiger partial charge in [-0.05, 0) is 113 Å². The lowest BCUT2D eigenvalue weighted by atomic mass is 9.82. The van der Waals surface area contributed by atoms with Crippen molar-refractivity contribution in [2.75, 3.05) is 26.4 Å². The number of nitrogens with zero attached hydrogens (tertiary/aromatic N) is 2. The van der Waals surface area contributed by atoms with Crippen LogP contribution in [0.1, 0.15) is 102 Å². The van der Waals surface area contributed by atoms with Gasteiger partial charge in [-0.2, -0.15) is 10.5 Å². The van der Waals surface area contributed by atoms with Gasteiger partial charge >= 0.3 is 59.7 Å². The Morgan fingerprint density at radius 1 is 0.488 bits per heavy atom. The Balaban J connectivity index is 0.899. The Morgan fingerprint density at radius 2 is 0.802 bits per heavy atom. The van der Waals surface area contributed by atoms with Gasteiger partial charge in [-0.3, -0.25) is 38.4 Å². The molecule has 2 unspecified atom stereocenters. The predicted octanol–water partition coefficient (Wildman–Crippen LogP) is 8.83. The number of carbonyl (C=O) groups is 10. The van der Waals surface area contributed by atoms with Crippen LogP contribution in [-0.2, 0) is 89.2 Å². The number of carbonyl (C=O) groups excluding carboxylic acids is 10. The maximum atomic E-state index is 13.7.